The van der Waals surface area contributed by atoms with Gasteiger partial charge in [0.15, 0.2) is 0 Å². The number of rotatable bonds is 6. The van der Waals surface area contributed by atoms with E-state index < -0.39 is 18.3 Å². The molecular weight excluding hydrogens is 371 g/mol. The second kappa shape index (κ2) is 7.86. The molecule has 0 saturated carbocycles. The maximum Gasteiger partial charge on any atom is 0.495 e. The Morgan fingerprint density at radius 3 is 2.45 bits per heavy atom. The zero-order valence-electron chi connectivity index (χ0n) is 17.2. The van der Waals surface area contributed by atoms with Crippen LogP contribution < -0.4 is 14.9 Å². The van der Waals surface area contributed by atoms with E-state index in [0.717, 1.165) is 6.29 Å². The Morgan fingerprint density at radius 2 is 1.86 bits per heavy atom. The molecule has 0 atom stereocenters. The van der Waals surface area contributed by atoms with Crippen molar-refractivity contribution in [2.45, 2.75) is 45.8 Å². The Hall–Kier alpha value is -2.89. The molecule has 1 fully saturated rings. The molecule has 29 heavy (non-hydrogen) atoms. The van der Waals surface area contributed by atoms with Gasteiger partial charge in [-0.25, -0.2) is 4.85 Å². The molecular formula is C21H23BN2O5. The van der Waals surface area contributed by atoms with Crippen molar-refractivity contribution in [2.75, 3.05) is 6.61 Å². The van der Waals surface area contributed by atoms with E-state index in [-0.39, 0.29) is 11.8 Å². The van der Waals surface area contributed by atoms with E-state index in [4.69, 9.17) is 25.4 Å². The minimum atomic E-state index is -0.644. The average Bonchev–Trinajstić information content (AvgIpc) is 2.89. The molecule has 1 aromatic carbocycles. The van der Waals surface area contributed by atoms with Crippen LogP contribution in [0.1, 0.15) is 45.0 Å². The fourth-order valence-corrected chi connectivity index (χ4v) is 2.82. The lowest BCUT2D eigenvalue weighted by Crippen LogP contribution is -2.41. The SMILES string of the molecule is [C-]#[N+]c1ccc(Oc2ccc(B3OC(C)(C)C(C)(C)O3)c(C=O)c2)nc1OCC. The maximum atomic E-state index is 11.7. The predicted octanol–water partition coefficient (Wildman–Crippen LogP) is 3.94. The number of pyridine rings is 1. The molecule has 1 saturated heterocycles. The molecule has 0 unspecified atom stereocenters. The Balaban J connectivity index is 1.86. The van der Waals surface area contributed by atoms with Crippen LogP contribution in [0.25, 0.3) is 4.85 Å². The van der Waals surface area contributed by atoms with Crippen LogP contribution >= 0.6 is 0 Å². The van der Waals surface area contributed by atoms with Crippen molar-refractivity contribution in [3.63, 3.8) is 0 Å². The third kappa shape index (κ3) is 4.11. The fourth-order valence-electron chi connectivity index (χ4n) is 2.82. The topological polar surface area (TPSA) is 71.2 Å². The number of hydrogen-bond acceptors (Lipinski definition) is 6. The lowest BCUT2D eigenvalue weighted by Gasteiger charge is -2.32. The highest BCUT2D eigenvalue weighted by Gasteiger charge is 2.52. The van der Waals surface area contributed by atoms with Crippen molar-refractivity contribution >= 4 is 24.6 Å². The fraction of sp³-hybridized carbons (Fsp3) is 0.381. The summed E-state index contributed by atoms with van der Waals surface area (Å²) >= 11 is 0. The number of aromatic nitrogens is 1. The first-order chi connectivity index (χ1) is 13.7. The van der Waals surface area contributed by atoms with E-state index >= 15 is 0 Å². The van der Waals surface area contributed by atoms with Crippen molar-refractivity contribution in [3.05, 3.63) is 47.3 Å². The lowest BCUT2D eigenvalue weighted by atomic mass is 9.76. The number of carbonyl (C=O) groups is 1. The molecule has 2 heterocycles. The van der Waals surface area contributed by atoms with Gasteiger partial charge in [0.05, 0.1) is 24.4 Å². The maximum absolute atomic E-state index is 11.7. The van der Waals surface area contributed by atoms with Crippen molar-refractivity contribution < 1.29 is 23.6 Å². The van der Waals surface area contributed by atoms with Crippen LogP contribution in [0.5, 0.6) is 17.5 Å². The van der Waals surface area contributed by atoms with Crippen LogP contribution in [0, 0.1) is 6.57 Å². The highest BCUT2D eigenvalue weighted by molar-refractivity contribution is 6.63. The molecule has 2 aromatic rings. The summed E-state index contributed by atoms with van der Waals surface area (Å²) in [5.41, 5.74) is 0.346. The van der Waals surface area contributed by atoms with Crippen molar-refractivity contribution in [1.29, 1.82) is 0 Å². The zero-order valence-corrected chi connectivity index (χ0v) is 17.2. The summed E-state index contributed by atoms with van der Waals surface area (Å²) in [7, 11) is -0.644. The van der Waals surface area contributed by atoms with E-state index in [1.807, 2.05) is 34.6 Å². The highest BCUT2D eigenvalue weighted by atomic mass is 16.7. The summed E-state index contributed by atoms with van der Waals surface area (Å²) < 4.78 is 23.2. The van der Waals surface area contributed by atoms with Gasteiger partial charge >= 0.3 is 7.12 Å². The van der Waals surface area contributed by atoms with Crippen molar-refractivity contribution in [2.24, 2.45) is 0 Å². The zero-order chi connectivity index (χ0) is 21.2. The van der Waals surface area contributed by atoms with Crippen LogP contribution in [0.2, 0.25) is 0 Å². The highest BCUT2D eigenvalue weighted by Crippen LogP contribution is 2.37. The third-order valence-electron chi connectivity index (χ3n) is 5.13. The van der Waals surface area contributed by atoms with Crippen LogP contribution in [-0.4, -0.2) is 36.2 Å². The summed E-state index contributed by atoms with van der Waals surface area (Å²) in [6, 6.07) is 8.24. The normalized spacial score (nSPS) is 16.9. The summed E-state index contributed by atoms with van der Waals surface area (Å²) in [4.78, 5) is 19.3. The first-order valence-corrected chi connectivity index (χ1v) is 9.34. The molecule has 7 nitrogen and oxygen atoms in total. The van der Waals surface area contributed by atoms with Crippen LogP contribution in [0.4, 0.5) is 5.69 Å². The van der Waals surface area contributed by atoms with Crippen LogP contribution in [0.15, 0.2) is 30.3 Å². The number of nitrogens with zero attached hydrogens (tertiary/aromatic N) is 2. The van der Waals surface area contributed by atoms with E-state index in [9.17, 15) is 4.79 Å². The molecule has 0 spiro atoms. The van der Waals surface area contributed by atoms with Gasteiger partial charge in [-0.1, -0.05) is 6.07 Å². The van der Waals surface area contributed by atoms with Gasteiger partial charge in [0, 0.05) is 5.56 Å². The molecule has 0 amide bonds. The molecule has 3 rings (SSSR count). The van der Waals surface area contributed by atoms with Gasteiger partial charge in [-0.3, -0.25) is 4.79 Å². The van der Waals surface area contributed by atoms with E-state index in [0.29, 0.717) is 29.1 Å². The van der Waals surface area contributed by atoms with Gasteiger partial charge < -0.3 is 18.8 Å². The molecule has 0 N–H and O–H groups in total. The van der Waals surface area contributed by atoms with Gasteiger partial charge in [0.1, 0.15) is 12.0 Å². The van der Waals surface area contributed by atoms with Gasteiger partial charge in [-0.05, 0) is 64.3 Å². The Labute approximate surface area is 170 Å². The van der Waals surface area contributed by atoms with Gasteiger partial charge in [-0.15, -0.1) is 0 Å². The second-order valence-corrected chi connectivity index (χ2v) is 7.62. The van der Waals surface area contributed by atoms with Crippen molar-refractivity contribution in [1.82, 2.24) is 4.98 Å². The lowest BCUT2D eigenvalue weighted by molar-refractivity contribution is 0.00578. The minimum Gasteiger partial charge on any atom is -0.487 e. The molecule has 8 heteroatoms. The standard InChI is InChI=1S/C21H23BN2O5/c1-7-26-19-17(23-6)10-11-18(24-19)27-15-8-9-16(14(12-15)13-25)22-28-20(2,3)21(4,5)29-22/h8-13H,7H2,1-5H3. The largest absolute Gasteiger partial charge is 0.495 e. The molecule has 150 valence electrons. The van der Waals surface area contributed by atoms with Crippen LogP contribution in [0.3, 0.4) is 0 Å². The van der Waals surface area contributed by atoms with Gasteiger partial charge in [0.2, 0.25) is 17.4 Å². The van der Waals surface area contributed by atoms with E-state index in [2.05, 4.69) is 9.83 Å². The Kier molecular flexibility index (Phi) is 5.65. The summed E-state index contributed by atoms with van der Waals surface area (Å²) in [5.74, 6) is 0.906. The average molecular weight is 394 g/mol. The minimum absolute atomic E-state index is 0.212. The second-order valence-electron chi connectivity index (χ2n) is 7.62. The molecule has 0 radical (unpaired) electrons. The summed E-state index contributed by atoms with van der Waals surface area (Å²) in [6.45, 7) is 17.2. The molecule has 1 aliphatic heterocycles. The Morgan fingerprint density at radius 1 is 1.17 bits per heavy atom. The first kappa shape index (κ1) is 20.8. The summed E-state index contributed by atoms with van der Waals surface area (Å²) in [5, 5.41) is 0. The number of aldehydes is 1. The number of ether oxygens (including phenoxy) is 2. The predicted molar refractivity (Wildman–Crippen MR) is 109 cm³/mol. The molecule has 0 bridgehead atoms. The number of hydrogen-bond donors (Lipinski definition) is 0. The quantitative estimate of drug-likeness (QED) is 0.420. The number of carbonyl (C=O) groups excluding carboxylic acids is 1. The first-order valence-electron chi connectivity index (χ1n) is 9.34. The van der Waals surface area contributed by atoms with Crippen molar-refractivity contribution in [3.8, 4) is 17.5 Å². The van der Waals surface area contributed by atoms with E-state index in [1.165, 1.54) is 0 Å². The smallest absolute Gasteiger partial charge is 0.487 e. The van der Waals surface area contributed by atoms with E-state index in [1.54, 1.807) is 30.3 Å². The monoisotopic (exact) mass is 394 g/mol. The third-order valence-corrected chi connectivity index (χ3v) is 5.13. The molecule has 1 aliphatic rings. The Bertz CT molecular complexity index is 952. The molecule has 1 aromatic heterocycles. The summed E-state index contributed by atoms with van der Waals surface area (Å²) in [6.07, 6.45) is 0.744. The number of benzene rings is 1. The molecule has 0 aliphatic carbocycles. The van der Waals surface area contributed by atoms with Gasteiger partial charge in [0.25, 0.3) is 0 Å². The van der Waals surface area contributed by atoms with Crippen LogP contribution in [-0.2, 0) is 9.31 Å². The van der Waals surface area contributed by atoms with Gasteiger partial charge in [-0.2, -0.15) is 4.98 Å².